The molecule has 0 fully saturated rings. The fourth-order valence-corrected chi connectivity index (χ4v) is 4.94. The molecule has 1 unspecified atom stereocenters. The Balaban J connectivity index is 1.49. The number of aromatic nitrogens is 3. The second kappa shape index (κ2) is 10.0. The van der Waals surface area contributed by atoms with Gasteiger partial charge in [-0.15, -0.1) is 0 Å². The van der Waals surface area contributed by atoms with Crippen LogP contribution in [0, 0.1) is 5.92 Å². The van der Waals surface area contributed by atoms with Crippen LogP contribution in [0.15, 0.2) is 30.6 Å². The number of anilines is 2. The van der Waals surface area contributed by atoms with Crippen LogP contribution in [0.1, 0.15) is 37.9 Å². The van der Waals surface area contributed by atoms with E-state index in [0.717, 1.165) is 46.6 Å². The molecule has 3 aromatic rings. The van der Waals surface area contributed by atoms with E-state index < -0.39 is 9.84 Å². The van der Waals surface area contributed by atoms with Crippen LogP contribution in [-0.4, -0.2) is 53.9 Å². The first-order valence-corrected chi connectivity index (χ1v) is 13.6. The Kier molecular flexibility index (Phi) is 7.06. The van der Waals surface area contributed by atoms with Gasteiger partial charge in [-0.25, -0.2) is 18.4 Å². The molecule has 2 aromatic heterocycles. The van der Waals surface area contributed by atoms with E-state index in [-0.39, 0.29) is 23.7 Å². The molecule has 1 aliphatic rings. The number of aryl methyl sites for hydroxylation is 1. The zero-order chi connectivity index (χ0) is 24.3. The molecule has 2 heterocycles. The summed E-state index contributed by atoms with van der Waals surface area (Å²) in [6.45, 7) is 4.33. The van der Waals surface area contributed by atoms with Gasteiger partial charge in [0.2, 0.25) is 5.91 Å². The van der Waals surface area contributed by atoms with Gasteiger partial charge in [0.05, 0.1) is 17.2 Å². The summed E-state index contributed by atoms with van der Waals surface area (Å²) >= 11 is 0. The number of carbonyl (C=O) groups is 1. The third-order valence-electron chi connectivity index (χ3n) is 5.83. The molecule has 1 atom stereocenters. The van der Waals surface area contributed by atoms with Crippen LogP contribution < -0.4 is 15.4 Å². The SMILES string of the molecule is CC(C)Oc1ccc(Nc2ncnc3[nH]c4c(c23)CC(C(=O)NCCCS(C)(=O)=O)CC4)cc1. The van der Waals surface area contributed by atoms with Crippen molar-refractivity contribution in [1.82, 2.24) is 20.3 Å². The van der Waals surface area contributed by atoms with Crippen molar-refractivity contribution in [1.29, 1.82) is 0 Å². The van der Waals surface area contributed by atoms with E-state index in [2.05, 4.69) is 25.6 Å². The summed E-state index contributed by atoms with van der Waals surface area (Å²) in [5, 5.41) is 7.17. The molecule has 0 spiro atoms. The van der Waals surface area contributed by atoms with Gasteiger partial charge >= 0.3 is 0 Å². The summed E-state index contributed by atoms with van der Waals surface area (Å²) in [5.74, 6) is 1.35. The fraction of sp³-hybridized carbons (Fsp3) is 0.458. The van der Waals surface area contributed by atoms with Crippen LogP contribution in [0.4, 0.5) is 11.5 Å². The zero-order valence-electron chi connectivity index (χ0n) is 19.7. The number of benzene rings is 1. The highest BCUT2D eigenvalue weighted by molar-refractivity contribution is 7.90. The number of hydrogen-bond donors (Lipinski definition) is 3. The lowest BCUT2D eigenvalue weighted by Gasteiger charge is -2.22. The third-order valence-corrected chi connectivity index (χ3v) is 6.86. The fourth-order valence-electron chi connectivity index (χ4n) is 4.28. The minimum absolute atomic E-state index is 0.0411. The van der Waals surface area contributed by atoms with Crippen molar-refractivity contribution in [3.05, 3.63) is 41.9 Å². The highest BCUT2D eigenvalue weighted by Gasteiger charge is 2.29. The first-order valence-electron chi connectivity index (χ1n) is 11.5. The predicted molar refractivity (Wildman–Crippen MR) is 132 cm³/mol. The van der Waals surface area contributed by atoms with Crippen LogP contribution in [-0.2, 0) is 27.5 Å². The first kappa shape index (κ1) is 24.0. The van der Waals surface area contributed by atoms with Crippen LogP contribution in [0.5, 0.6) is 5.75 Å². The van der Waals surface area contributed by atoms with E-state index in [1.54, 1.807) is 0 Å². The van der Waals surface area contributed by atoms with Gasteiger partial charge < -0.3 is 20.4 Å². The van der Waals surface area contributed by atoms with Crippen LogP contribution in [0.3, 0.4) is 0 Å². The number of amides is 1. The number of ether oxygens (including phenoxy) is 1. The summed E-state index contributed by atoms with van der Waals surface area (Å²) in [6.07, 6.45) is 5.30. The molecular weight excluding hydrogens is 454 g/mol. The molecule has 9 nitrogen and oxygen atoms in total. The monoisotopic (exact) mass is 485 g/mol. The van der Waals surface area contributed by atoms with Crippen molar-refractivity contribution in [3.8, 4) is 5.75 Å². The van der Waals surface area contributed by atoms with Crippen LogP contribution >= 0.6 is 0 Å². The molecule has 4 rings (SSSR count). The average Bonchev–Trinajstić information content (AvgIpc) is 3.15. The highest BCUT2D eigenvalue weighted by atomic mass is 32.2. The van der Waals surface area contributed by atoms with E-state index in [1.165, 1.54) is 12.6 Å². The van der Waals surface area contributed by atoms with Gasteiger partial charge in [0.25, 0.3) is 0 Å². The molecule has 34 heavy (non-hydrogen) atoms. The van der Waals surface area contributed by atoms with Crippen molar-refractivity contribution in [2.75, 3.05) is 23.9 Å². The highest BCUT2D eigenvalue weighted by Crippen LogP contribution is 2.35. The van der Waals surface area contributed by atoms with Crippen molar-refractivity contribution in [2.24, 2.45) is 5.92 Å². The van der Waals surface area contributed by atoms with Gasteiger partial charge in [0.15, 0.2) is 0 Å². The maximum Gasteiger partial charge on any atom is 0.223 e. The average molecular weight is 486 g/mol. The molecule has 0 aliphatic heterocycles. The maximum atomic E-state index is 12.7. The number of aromatic amines is 1. The van der Waals surface area contributed by atoms with Crippen molar-refractivity contribution in [2.45, 2.75) is 45.6 Å². The van der Waals surface area contributed by atoms with Gasteiger partial charge in [0.1, 0.15) is 33.4 Å². The Morgan fingerprint density at radius 1 is 1.24 bits per heavy atom. The van der Waals surface area contributed by atoms with E-state index in [1.807, 2.05) is 38.1 Å². The standard InChI is InChI=1S/C24H31N5O4S/c1-15(2)33-18-8-6-17(7-9-18)28-22-21-19-13-16(24(30)25-11-4-12-34(3,31)32)5-10-20(19)29-23(21)27-14-26-22/h6-9,14-16H,4-5,10-13H2,1-3H3,(H,25,30)(H2,26,27,28,29). The molecule has 1 amide bonds. The van der Waals surface area contributed by atoms with Gasteiger partial charge in [-0.3, -0.25) is 4.79 Å². The minimum atomic E-state index is -3.03. The zero-order valence-corrected chi connectivity index (χ0v) is 20.5. The van der Waals surface area contributed by atoms with Crippen molar-refractivity contribution < 1.29 is 17.9 Å². The van der Waals surface area contributed by atoms with Crippen LogP contribution in [0.2, 0.25) is 0 Å². The number of rotatable bonds is 9. The normalized spacial score (nSPS) is 15.8. The molecule has 182 valence electrons. The molecule has 1 aromatic carbocycles. The molecule has 0 bridgehead atoms. The van der Waals surface area contributed by atoms with E-state index in [0.29, 0.717) is 25.2 Å². The summed E-state index contributed by atoms with van der Waals surface area (Å²) in [5.41, 5.74) is 3.76. The summed E-state index contributed by atoms with van der Waals surface area (Å²) in [6, 6.07) is 7.71. The van der Waals surface area contributed by atoms with E-state index in [4.69, 9.17) is 4.74 Å². The number of H-pyrrole nitrogens is 1. The Hall–Kier alpha value is -3.14. The third kappa shape index (κ3) is 5.85. The molecule has 1 aliphatic carbocycles. The largest absolute Gasteiger partial charge is 0.491 e. The Bertz CT molecular complexity index is 1270. The quantitative estimate of drug-likeness (QED) is 0.398. The lowest BCUT2D eigenvalue weighted by atomic mass is 9.86. The van der Waals surface area contributed by atoms with Crippen molar-refractivity contribution in [3.63, 3.8) is 0 Å². The summed E-state index contributed by atoms with van der Waals surface area (Å²) in [7, 11) is -3.03. The Labute approximate surface area is 199 Å². The van der Waals surface area contributed by atoms with Gasteiger partial charge in [-0.05, 0) is 69.4 Å². The van der Waals surface area contributed by atoms with Gasteiger partial charge in [-0.2, -0.15) is 0 Å². The molecule has 0 radical (unpaired) electrons. The number of sulfone groups is 1. The van der Waals surface area contributed by atoms with Gasteiger partial charge in [-0.1, -0.05) is 0 Å². The topological polar surface area (TPSA) is 126 Å². The van der Waals surface area contributed by atoms with Crippen LogP contribution in [0.25, 0.3) is 11.0 Å². The van der Waals surface area contributed by atoms with Gasteiger partial charge in [0, 0.05) is 30.1 Å². The lowest BCUT2D eigenvalue weighted by molar-refractivity contribution is -0.125. The first-order chi connectivity index (χ1) is 16.2. The smallest absolute Gasteiger partial charge is 0.223 e. The number of nitrogens with zero attached hydrogens (tertiary/aromatic N) is 2. The van der Waals surface area contributed by atoms with E-state index in [9.17, 15) is 13.2 Å². The van der Waals surface area contributed by atoms with E-state index >= 15 is 0 Å². The molecule has 3 N–H and O–H groups in total. The second-order valence-corrected chi connectivity index (χ2v) is 11.3. The molecule has 0 saturated carbocycles. The maximum absolute atomic E-state index is 12.7. The number of carbonyl (C=O) groups excluding carboxylic acids is 1. The molecular formula is C24H31N5O4S. The Morgan fingerprint density at radius 2 is 2.00 bits per heavy atom. The summed E-state index contributed by atoms with van der Waals surface area (Å²) < 4.78 is 28.3. The second-order valence-electron chi connectivity index (χ2n) is 9.06. The minimum Gasteiger partial charge on any atom is -0.491 e. The van der Waals surface area contributed by atoms with Crippen molar-refractivity contribution >= 4 is 38.3 Å². The number of nitrogens with one attached hydrogen (secondary N) is 3. The Morgan fingerprint density at radius 3 is 2.71 bits per heavy atom. The molecule has 10 heteroatoms. The predicted octanol–water partition coefficient (Wildman–Crippen LogP) is 3.14. The molecule has 0 saturated heterocycles. The number of fused-ring (bicyclic) bond motifs is 3. The number of hydrogen-bond acceptors (Lipinski definition) is 7. The summed E-state index contributed by atoms with van der Waals surface area (Å²) in [4.78, 5) is 25.0. The lowest BCUT2D eigenvalue weighted by Crippen LogP contribution is -2.35.